The van der Waals surface area contributed by atoms with Gasteiger partial charge in [-0.05, 0) is 5.56 Å². The number of hydrogen-bond acceptors (Lipinski definition) is 4. The highest BCUT2D eigenvalue weighted by molar-refractivity contribution is 5.91. The minimum Gasteiger partial charge on any atom is -0.382 e. The van der Waals surface area contributed by atoms with E-state index in [1.165, 1.54) is 12.4 Å². The number of benzene rings is 1. The van der Waals surface area contributed by atoms with Crippen molar-refractivity contribution in [2.24, 2.45) is 0 Å². The normalized spacial score (nSPS) is 10.1. The number of carbonyl (C=O) groups excluding carboxylic acids is 1. The van der Waals surface area contributed by atoms with Crippen molar-refractivity contribution in [2.45, 2.75) is 6.54 Å². The number of aromatic nitrogens is 2. The van der Waals surface area contributed by atoms with Gasteiger partial charge in [0.15, 0.2) is 0 Å². The highest BCUT2D eigenvalue weighted by Crippen LogP contribution is 2.06. The molecule has 0 aliphatic heterocycles. The SMILES string of the molecule is CN(Cc1ccccc1)C(=O)c1cnc(N)cn1. The zero-order valence-corrected chi connectivity index (χ0v) is 10.1. The first-order valence-electron chi connectivity index (χ1n) is 5.54. The van der Waals surface area contributed by atoms with Crippen LogP contribution in [0.1, 0.15) is 16.1 Å². The first-order chi connectivity index (χ1) is 8.66. The highest BCUT2D eigenvalue weighted by atomic mass is 16.2. The number of rotatable bonds is 3. The molecule has 92 valence electrons. The molecule has 0 radical (unpaired) electrons. The molecule has 0 fully saturated rings. The van der Waals surface area contributed by atoms with Crippen LogP contribution in [0, 0.1) is 0 Å². The summed E-state index contributed by atoms with van der Waals surface area (Å²) in [4.78, 5) is 21.5. The quantitative estimate of drug-likeness (QED) is 0.881. The number of carbonyl (C=O) groups is 1. The number of hydrogen-bond donors (Lipinski definition) is 1. The highest BCUT2D eigenvalue weighted by Gasteiger charge is 2.13. The largest absolute Gasteiger partial charge is 0.382 e. The maximum Gasteiger partial charge on any atom is 0.274 e. The number of nitrogens with two attached hydrogens (primary N) is 1. The van der Waals surface area contributed by atoms with Crippen LogP contribution in [0.2, 0.25) is 0 Å². The molecule has 18 heavy (non-hydrogen) atoms. The van der Waals surface area contributed by atoms with Crippen LogP contribution < -0.4 is 5.73 Å². The van der Waals surface area contributed by atoms with E-state index in [1.807, 2.05) is 30.3 Å². The minimum absolute atomic E-state index is 0.175. The Kier molecular flexibility index (Phi) is 3.52. The molecule has 5 nitrogen and oxygen atoms in total. The monoisotopic (exact) mass is 242 g/mol. The van der Waals surface area contributed by atoms with Gasteiger partial charge in [-0.3, -0.25) is 4.79 Å². The molecule has 0 aliphatic carbocycles. The van der Waals surface area contributed by atoms with E-state index >= 15 is 0 Å². The van der Waals surface area contributed by atoms with Crippen LogP contribution in [0.25, 0.3) is 0 Å². The smallest absolute Gasteiger partial charge is 0.274 e. The third kappa shape index (κ3) is 2.82. The molecule has 5 heteroatoms. The predicted octanol–water partition coefficient (Wildman–Crippen LogP) is 1.33. The maximum absolute atomic E-state index is 12.0. The van der Waals surface area contributed by atoms with E-state index in [9.17, 15) is 4.79 Å². The van der Waals surface area contributed by atoms with Crippen LogP contribution in [0.4, 0.5) is 5.82 Å². The summed E-state index contributed by atoms with van der Waals surface area (Å²) >= 11 is 0. The summed E-state index contributed by atoms with van der Waals surface area (Å²) in [6, 6.07) is 9.76. The van der Waals surface area contributed by atoms with E-state index in [1.54, 1.807) is 11.9 Å². The minimum atomic E-state index is -0.175. The van der Waals surface area contributed by atoms with Crippen molar-refractivity contribution in [1.82, 2.24) is 14.9 Å². The van der Waals surface area contributed by atoms with Gasteiger partial charge < -0.3 is 10.6 Å². The van der Waals surface area contributed by atoms with Crippen molar-refractivity contribution in [3.63, 3.8) is 0 Å². The topological polar surface area (TPSA) is 72.1 Å². The van der Waals surface area contributed by atoms with Crippen molar-refractivity contribution < 1.29 is 4.79 Å². The zero-order chi connectivity index (χ0) is 13.0. The second-order valence-corrected chi connectivity index (χ2v) is 3.97. The van der Waals surface area contributed by atoms with Gasteiger partial charge in [0.05, 0.1) is 12.4 Å². The fourth-order valence-corrected chi connectivity index (χ4v) is 1.57. The van der Waals surface area contributed by atoms with Crippen molar-refractivity contribution in [2.75, 3.05) is 12.8 Å². The molecule has 1 amide bonds. The van der Waals surface area contributed by atoms with Crippen LogP contribution in [0.3, 0.4) is 0 Å². The van der Waals surface area contributed by atoms with Gasteiger partial charge >= 0.3 is 0 Å². The van der Waals surface area contributed by atoms with Gasteiger partial charge in [-0.1, -0.05) is 30.3 Å². The van der Waals surface area contributed by atoms with Gasteiger partial charge in [-0.2, -0.15) is 0 Å². The summed E-state index contributed by atoms with van der Waals surface area (Å²) in [6.07, 6.45) is 2.77. The number of amides is 1. The van der Waals surface area contributed by atoms with Crippen LogP contribution in [-0.4, -0.2) is 27.8 Å². The molecule has 0 aliphatic rings. The molecular formula is C13H14N4O. The third-order valence-corrected chi connectivity index (χ3v) is 2.50. The zero-order valence-electron chi connectivity index (χ0n) is 10.1. The molecule has 2 aromatic rings. The first-order valence-corrected chi connectivity index (χ1v) is 5.54. The number of nitrogens with zero attached hydrogens (tertiary/aromatic N) is 3. The van der Waals surface area contributed by atoms with E-state index < -0.39 is 0 Å². The summed E-state index contributed by atoms with van der Waals surface area (Å²) in [5.74, 6) is 0.128. The summed E-state index contributed by atoms with van der Waals surface area (Å²) in [5.41, 5.74) is 6.79. The molecule has 2 rings (SSSR count). The van der Waals surface area contributed by atoms with Crippen molar-refractivity contribution >= 4 is 11.7 Å². The fourth-order valence-electron chi connectivity index (χ4n) is 1.57. The summed E-state index contributed by atoms with van der Waals surface area (Å²) in [5, 5.41) is 0. The third-order valence-electron chi connectivity index (χ3n) is 2.50. The Morgan fingerprint density at radius 1 is 1.22 bits per heavy atom. The first kappa shape index (κ1) is 12.0. The summed E-state index contributed by atoms with van der Waals surface area (Å²) in [6.45, 7) is 0.533. The Morgan fingerprint density at radius 3 is 2.56 bits per heavy atom. The Morgan fingerprint density at radius 2 is 1.94 bits per heavy atom. The second-order valence-electron chi connectivity index (χ2n) is 3.97. The lowest BCUT2D eigenvalue weighted by Gasteiger charge is -2.16. The molecule has 1 aromatic heterocycles. The molecule has 0 unspecified atom stereocenters. The van der Waals surface area contributed by atoms with Crippen LogP contribution in [0.5, 0.6) is 0 Å². The standard InChI is InChI=1S/C13H14N4O/c1-17(9-10-5-3-2-4-6-10)13(18)11-7-16-12(14)8-15-11/h2-8H,9H2,1H3,(H2,14,16). The molecule has 0 saturated carbocycles. The molecule has 0 saturated heterocycles. The van der Waals surface area contributed by atoms with Crippen molar-refractivity contribution in [3.8, 4) is 0 Å². The van der Waals surface area contributed by atoms with Gasteiger partial charge in [0.2, 0.25) is 0 Å². The molecule has 2 N–H and O–H groups in total. The maximum atomic E-state index is 12.0. The van der Waals surface area contributed by atoms with E-state index in [0.717, 1.165) is 5.56 Å². The summed E-state index contributed by atoms with van der Waals surface area (Å²) in [7, 11) is 1.73. The van der Waals surface area contributed by atoms with Gasteiger partial charge in [0, 0.05) is 13.6 Å². The van der Waals surface area contributed by atoms with E-state index in [2.05, 4.69) is 9.97 Å². The Bertz CT molecular complexity index is 524. The lowest BCUT2D eigenvalue weighted by molar-refractivity contribution is 0.0779. The lowest BCUT2D eigenvalue weighted by Crippen LogP contribution is -2.27. The molecule has 0 atom stereocenters. The van der Waals surface area contributed by atoms with E-state index in [0.29, 0.717) is 18.1 Å². The van der Waals surface area contributed by atoms with E-state index in [4.69, 9.17) is 5.73 Å². The number of nitrogen functional groups attached to an aromatic ring is 1. The van der Waals surface area contributed by atoms with Crippen molar-refractivity contribution in [3.05, 3.63) is 54.0 Å². The lowest BCUT2D eigenvalue weighted by atomic mass is 10.2. The summed E-state index contributed by atoms with van der Waals surface area (Å²) < 4.78 is 0. The Balaban J connectivity index is 2.07. The van der Waals surface area contributed by atoms with Crippen LogP contribution in [-0.2, 0) is 6.54 Å². The molecule has 0 spiro atoms. The van der Waals surface area contributed by atoms with Crippen molar-refractivity contribution in [1.29, 1.82) is 0 Å². The van der Waals surface area contributed by atoms with Gasteiger partial charge in [0.25, 0.3) is 5.91 Å². The number of anilines is 1. The van der Waals surface area contributed by atoms with Gasteiger partial charge in [-0.25, -0.2) is 9.97 Å². The molecule has 0 bridgehead atoms. The molecule has 1 heterocycles. The fraction of sp³-hybridized carbons (Fsp3) is 0.154. The van der Waals surface area contributed by atoms with Crippen LogP contribution in [0.15, 0.2) is 42.7 Å². The second kappa shape index (κ2) is 5.27. The average molecular weight is 242 g/mol. The Hall–Kier alpha value is -2.43. The van der Waals surface area contributed by atoms with E-state index in [-0.39, 0.29) is 5.91 Å². The Labute approximate surface area is 105 Å². The molecule has 1 aromatic carbocycles. The van der Waals surface area contributed by atoms with Gasteiger partial charge in [0.1, 0.15) is 11.5 Å². The van der Waals surface area contributed by atoms with Crippen LogP contribution >= 0.6 is 0 Å². The predicted molar refractivity (Wildman–Crippen MR) is 68.7 cm³/mol. The molecular weight excluding hydrogens is 228 g/mol. The average Bonchev–Trinajstić information content (AvgIpc) is 2.40. The van der Waals surface area contributed by atoms with Gasteiger partial charge in [-0.15, -0.1) is 0 Å².